The third kappa shape index (κ3) is 5.62. The molecule has 25 heavy (non-hydrogen) atoms. The van der Waals surface area contributed by atoms with Crippen LogP contribution in [0.3, 0.4) is 0 Å². The van der Waals surface area contributed by atoms with E-state index >= 15 is 0 Å². The van der Waals surface area contributed by atoms with Gasteiger partial charge in [-0.1, -0.05) is 32.9 Å². The predicted octanol–water partition coefficient (Wildman–Crippen LogP) is 4.34. The van der Waals surface area contributed by atoms with E-state index < -0.39 is 0 Å². The number of hydrogen-bond donors (Lipinski definition) is 1. The quantitative estimate of drug-likeness (QED) is 0.858. The zero-order chi connectivity index (χ0) is 17.9. The van der Waals surface area contributed by atoms with Gasteiger partial charge in [0.25, 0.3) is 5.91 Å². The molecule has 0 saturated carbocycles. The summed E-state index contributed by atoms with van der Waals surface area (Å²) in [5.74, 6) is 1.67. The molecule has 1 heterocycles. The summed E-state index contributed by atoms with van der Waals surface area (Å²) in [4.78, 5) is 14.5. The zero-order valence-corrected chi connectivity index (χ0v) is 16.7. The molecular formula is C20H29ClN2O2. The van der Waals surface area contributed by atoms with E-state index in [4.69, 9.17) is 4.42 Å². The average molecular weight is 365 g/mol. The van der Waals surface area contributed by atoms with E-state index in [1.165, 1.54) is 5.56 Å². The molecule has 1 amide bonds. The van der Waals surface area contributed by atoms with Crippen LogP contribution in [-0.2, 0) is 5.41 Å². The number of amides is 1. The van der Waals surface area contributed by atoms with E-state index in [9.17, 15) is 4.79 Å². The van der Waals surface area contributed by atoms with E-state index in [1.807, 2.05) is 62.3 Å². The Morgan fingerprint density at radius 3 is 2.16 bits per heavy atom. The van der Waals surface area contributed by atoms with E-state index in [-0.39, 0.29) is 29.8 Å². The fourth-order valence-electron chi connectivity index (χ4n) is 2.58. The molecule has 138 valence electrons. The topological polar surface area (TPSA) is 45.5 Å². The van der Waals surface area contributed by atoms with Crippen molar-refractivity contribution in [3.63, 3.8) is 0 Å². The summed E-state index contributed by atoms with van der Waals surface area (Å²) in [5, 5.41) is 3.01. The molecule has 0 bridgehead atoms. The number of carbonyl (C=O) groups excluding carboxylic acids is 1. The number of carbonyl (C=O) groups is 1. The maximum absolute atomic E-state index is 12.4. The molecule has 0 fully saturated rings. The molecule has 0 aliphatic heterocycles. The normalized spacial score (nSPS) is 12.6. The van der Waals surface area contributed by atoms with Crippen LogP contribution < -0.4 is 5.32 Å². The Kier molecular flexibility index (Phi) is 7.27. The highest BCUT2D eigenvalue weighted by Gasteiger charge is 2.19. The second-order valence-corrected chi connectivity index (χ2v) is 7.47. The SMILES string of the molecule is Cc1ccc(C(CNC(=O)c2ccc(C(C)(C)C)cc2)N(C)C)o1.Cl. The van der Waals surface area contributed by atoms with E-state index in [1.54, 1.807) is 0 Å². The van der Waals surface area contributed by atoms with Crippen molar-refractivity contribution in [2.45, 2.75) is 39.2 Å². The first-order valence-corrected chi connectivity index (χ1v) is 8.30. The van der Waals surface area contributed by atoms with Crippen molar-refractivity contribution in [2.75, 3.05) is 20.6 Å². The molecule has 4 nitrogen and oxygen atoms in total. The molecule has 0 aliphatic rings. The van der Waals surface area contributed by atoms with Gasteiger partial charge in [0.2, 0.25) is 0 Å². The molecule has 0 aliphatic carbocycles. The maximum atomic E-state index is 12.4. The van der Waals surface area contributed by atoms with Crippen LogP contribution in [0.25, 0.3) is 0 Å². The molecule has 1 atom stereocenters. The first kappa shape index (κ1) is 21.3. The molecule has 5 heteroatoms. The number of nitrogens with one attached hydrogen (secondary N) is 1. The number of halogens is 1. The van der Waals surface area contributed by atoms with Gasteiger partial charge in [-0.05, 0) is 56.3 Å². The molecule has 1 aromatic carbocycles. The summed E-state index contributed by atoms with van der Waals surface area (Å²) < 4.78 is 5.71. The lowest BCUT2D eigenvalue weighted by Crippen LogP contribution is -2.34. The largest absolute Gasteiger partial charge is 0.465 e. The Morgan fingerprint density at radius 2 is 1.72 bits per heavy atom. The molecule has 0 spiro atoms. The summed E-state index contributed by atoms with van der Waals surface area (Å²) in [6.45, 7) is 8.91. The highest BCUT2D eigenvalue weighted by molar-refractivity contribution is 5.94. The Hall–Kier alpha value is -1.78. The van der Waals surface area contributed by atoms with Crippen molar-refractivity contribution in [1.29, 1.82) is 0 Å². The molecular weight excluding hydrogens is 336 g/mol. The van der Waals surface area contributed by atoms with Crippen LogP contribution in [0.1, 0.15) is 54.3 Å². The van der Waals surface area contributed by atoms with Crippen molar-refractivity contribution >= 4 is 18.3 Å². The van der Waals surface area contributed by atoms with Crippen LogP contribution in [0.4, 0.5) is 0 Å². The van der Waals surface area contributed by atoms with Gasteiger partial charge in [0.15, 0.2) is 0 Å². The lowest BCUT2D eigenvalue weighted by atomic mass is 9.87. The molecule has 0 radical (unpaired) electrons. The Bertz CT molecular complexity index is 684. The summed E-state index contributed by atoms with van der Waals surface area (Å²) in [7, 11) is 3.96. The van der Waals surface area contributed by atoms with Gasteiger partial charge in [-0.15, -0.1) is 12.4 Å². The van der Waals surface area contributed by atoms with Crippen LogP contribution in [0.5, 0.6) is 0 Å². The van der Waals surface area contributed by atoms with Gasteiger partial charge in [-0.3, -0.25) is 9.69 Å². The molecule has 1 aromatic heterocycles. The van der Waals surface area contributed by atoms with Crippen molar-refractivity contribution < 1.29 is 9.21 Å². The average Bonchev–Trinajstić information content (AvgIpc) is 2.92. The highest BCUT2D eigenvalue weighted by Crippen LogP contribution is 2.23. The van der Waals surface area contributed by atoms with Crippen LogP contribution in [-0.4, -0.2) is 31.4 Å². The predicted molar refractivity (Wildman–Crippen MR) is 105 cm³/mol. The second kappa shape index (κ2) is 8.54. The number of hydrogen-bond acceptors (Lipinski definition) is 3. The smallest absolute Gasteiger partial charge is 0.251 e. The number of benzene rings is 1. The highest BCUT2D eigenvalue weighted by atomic mass is 35.5. The first-order valence-electron chi connectivity index (χ1n) is 8.30. The molecule has 1 unspecified atom stereocenters. The number of furan rings is 1. The Balaban J connectivity index is 0.00000312. The van der Waals surface area contributed by atoms with Crippen LogP contribution >= 0.6 is 12.4 Å². The summed E-state index contributed by atoms with van der Waals surface area (Å²) >= 11 is 0. The van der Waals surface area contributed by atoms with Gasteiger partial charge in [-0.25, -0.2) is 0 Å². The van der Waals surface area contributed by atoms with Crippen LogP contribution in [0.2, 0.25) is 0 Å². The number of aryl methyl sites for hydroxylation is 1. The van der Waals surface area contributed by atoms with Crippen molar-refractivity contribution in [3.05, 3.63) is 59.0 Å². The fraction of sp³-hybridized carbons (Fsp3) is 0.450. The van der Waals surface area contributed by atoms with Gasteiger partial charge < -0.3 is 9.73 Å². The molecule has 2 aromatic rings. The van der Waals surface area contributed by atoms with E-state index in [0.29, 0.717) is 12.1 Å². The third-order valence-corrected chi connectivity index (χ3v) is 4.18. The summed E-state index contributed by atoms with van der Waals surface area (Å²) in [6, 6.07) is 11.7. The van der Waals surface area contributed by atoms with Crippen molar-refractivity contribution in [3.8, 4) is 0 Å². The number of nitrogens with zero attached hydrogens (tertiary/aromatic N) is 1. The standard InChI is InChI=1S/C20H28N2O2.ClH/c1-14-7-12-18(24-14)17(22(5)6)13-21-19(23)15-8-10-16(11-9-15)20(2,3)4;/h7-12,17H,13H2,1-6H3,(H,21,23);1H. The number of rotatable bonds is 5. The Morgan fingerprint density at radius 1 is 1.12 bits per heavy atom. The summed E-state index contributed by atoms with van der Waals surface area (Å²) in [6.07, 6.45) is 0. The van der Waals surface area contributed by atoms with Gasteiger partial charge in [0.05, 0.1) is 6.04 Å². The third-order valence-electron chi connectivity index (χ3n) is 4.18. The molecule has 0 saturated heterocycles. The summed E-state index contributed by atoms with van der Waals surface area (Å²) in [5.41, 5.74) is 1.98. The molecule has 2 rings (SSSR count). The van der Waals surface area contributed by atoms with Crippen molar-refractivity contribution in [2.24, 2.45) is 0 Å². The number of likely N-dealkylation sites (N-methyl/N-ethyl adjacent to an activating group) is 1. The van der Waals surface area contributed by atoms with E-state index in [0.717, 1.165) is 11.5 Å². The lowest BCUT2D eigenvalue weighted by molar-refractivity contribution is 0.0939. The Labute approximate surface area is 157 Å². The lowest BCUT2D eigenvalue weighted by Gasteiger charge is -2.23. The maximum Gasteiger partial charge on any atom is 0.251 e. The molecule has 1 N–H and O–H groups in total. The monoisotopic (exact) mass is 364 g/mol. The van der Waals surface area contributed by atoms with Gasteiger partial charge in [0.1, 0.15) is 11.5 Å². The fourth-order valence-corrected chi connectivity index (χ4v) is 2.58. The van der Waals surface area contributed by atoms with Crippen molar-refractivity contribution in [1.82, 2.24) is 10.2 Å². The van der Waals surface area contributed by atoms with Gasteiger partial charge >= 0.3 is 0 Å². The second-order valence-electron chi connectivity index (χ2n) is 7.47. The minimum atomic E-state index is -0.0643. The van der Waals surface area contributed by atoms with Crippen LogP contribution in [0, 0.1) is 6.92 Å². The van der Waals surface area contributed by atoms with Gasteiger partial charge in [0, 0.05) is 12.1 Å². The van der Waals surface area contributed by atoms with Gasteiger partial charge in [-0.2, -0.15) is 0 Å². The van der Waals surface area contributed by atoms with Crippen LogP contribution in [0.15, 0.2) is 40.8 Å². The minimum Gasteiger partial charge on any atom is -0.465 e. The minimum absolute atomic E-state index is 0. The first-order chi connectivity index (χ1) is 11.2. The zero-order valence-electron chi connectivity index (χ0n) is 15.9. The van der Waals surface area contributed by atoms with E-state index in [2.05, 4.69) is 26.1 Å².